The molecule has 0 aliphatic carbocycles. The van der Waals surface area contributed by atoms with Gasteiger partial charge in [0.25, 0.3) is 0 Å². The van der Waals surface area contributed by atoms with Gasteiger partial charge < -0.3 is 9.64 Å². The van der Waals surface area contributed by atoms with Crippen LogP contribution < -0.4 is 4.90 Å². The molecule has 0 saturated heterocycles. The zero-order chi connectivity index (χ0) is 27.0. The van der Waals surface area contributed by atoms with E-state index in [1.807, 2.05) is 36.1 Å². The highest BCUT2D eigenvalue weighted by Crippen LogP contribution is 2.29. The Balaban J connectivity index is 0.000000434. The topological polar surface area (TPSA) is 53.4 Å². The van der Waals surface area contributed by atoms with E-state index in [4.69, 9.17) is 10.1 Å². The molecule has 1 heterocycles. The third-order valence-corrected chi connectivity index (χ3v) is 5.49. The number of ether oxygens (including phenoxy) is 1. The van der Waals surface area contributed by atoms with Crippen LogP contribution in [0.15, 0.2) is 48.6 Å². The fourth-order valence-corrected chi connectivity index (χ4v) is 3.56. The standard InChI is InChI=1S/C23H25FN2O.C7H11FO/c1-16-7-5-9-19(24)21(16)22(25)26-13-14-27-15-18-17(8-6-10-20(18)26)11-12-23(2,3)4;1-5(7(3)8)4-6(2)9/h5-10,25H,13-15H2,1-4H3;7H,1,4H2,2-3H3. The first kappa shape index (κ1) is 28.9. The van der Waals surface area contributed by atoms with Crippen LogP contribution in [0.5, 0.6) is 0 Å². The van der Waals surface area contributed by atoms with Gasteiger partial charge in [-0.2, -0.15) is 0 Å². The maximum Gasteiger partial charge on any atom is 0.135 e. The molecule has 1 N–H and O–H groups in total. The largest absolute Gasteiger partial charge is 0.375 e. The first-order valence-corrected chi connectivity index (χ1v) is 12.0. The van der Waals surface area contributed by atoms with E-state index in [9.17, 15) is 13.6 Å². The Morgan fingerprint density at radius 2 is 1.92 bits per heavy atom. The summed E-state index contributed by atoms with van der Waals surface area (Å²) in [6, 6.07) is 10.8. The summed E-state index contributed by atoms with van der Waals surface area (Å²) >= 11 is 0. The van der Waals surface area contributed by atoms with E-state index in [2.05, 4.69) is 39.2 Å². The van der Waals surface area contributed by atoms with E-state index >= 15 is 0 Å². The number of carbonyl (C=O) groups is 1. The van der Waals surface area contributed by atoms with Crippen molar-refractivity contribution in [2.24, 2.45) is 5.41 Å². The average molecular weight is 495 g/mol. The van der Waals surface area contributed by atoms with Crippen LogP contribution in [0, 0.1) is 35.4 Å². The van der Waals surface area contributed by atoms with Crippen molar-refractivity contribution in [2.45, 2.75) is 60.7 Å². The monoisotopic (exact) mass is 494 g/mol. The average Bonchev–Trinajstić information content (AvgIpc) is 3.00. The minimum absolute atomic E-state index is 0.0375. The Kier molecular flexibility index (Phi) is 10.1. The van der Waals surface area contributed by atoms with Gasteiger partial charge >= 0.3 is 0 Å². The van der Waals surface area contributed by atoms with Crippen LogP contribution >= 0.6 is 0 Å². The fourth-order valence-electron chi connectivity index (χ4n) is 3.56. The predicted molar refractivity (Wildman–Crippen MR) is 143 cm³/mol. The molecule has 1 aliphatic rings. The number of aryl methyl sites for hydroxylation is 1. The van der Waals surface area contributed by atoms with Crippen molar-refractivity contribution in [2.75, 3.05) is 18.1 Å². The maximum atomic E-state index is 14.4. The van der Waals surface area contributed by atoms with Crippen molar-refractivity contribution in [1.82, 2.24) is 0 Å². The molecule has 0 radical (unpaired) electrons. The molecule has 0 spiro atoms. The summed E-state index contributed by atoms with van der Waals surface area (Å²) in [6.45, 7) is 15.6. The molecule has 0 aromatic heterocycles. The van der Waals surface area contributed by atoms with E-state index in [1.165, 1.54) is 19.9 Å². The molecule has 2 aromatic rings. The third-order valence-electron chi connectivity index (χ3n) is 5.49. The normalized spacial score (nSPS) is 13.7. The zero-order valence-electron chi connectivity index (χ0n) is 22.1. The summed E-state index contributed by atoms with van der Waals surface area (Å²) in [7, 11) is 0. The van der Waals surface area contributed by atoms with Crippen LogP contribution in [0.4, 0.5) is 14.5 Å². The number of carbonyl (C=O) groups excluding carboxylic acids is 1. The number of Topliss-reactive ketones (excluding diaryl/α,β-unsaturated/α-hetero) is 1. The number of nitrogens with one attached hydrogen (secondary N) is 1. The van der Waals surface area contributed by atoms with Gasteiger partial charge in [-0.15, -0.1) is 0 Å². The van der Waals surface area contributed by atoms with E-state index in [-0.39, 0.29) is 29.3 Å². The molecule has 36 heavy (non-hydrogen) atoms. The van der Waals surface area contributed by atoms with Gasteiger partial charge in [-0.05, 0) is 70.9 Å². The summed E-state index contributed by atoms with van der Waals surface area (Å²) < 4.78 is 32.4. The molecule has 6 heteroatoms. The Bertz CT molecular complexity index is 1160. The van der Waals surface area contributed by atoms with Gasteiger partial charge in [0.05, 0.1) is 18.8 Å². The number of fused-ring (bicyclic) bond motifs is 1. The maximum absolute atomic E-state index is 14.4. The predicted octanol–water partition coefficient (Wildman–Crippen LogP) is 6.77. The van der Waals surface area contributed by atoms with Gasteiger partial charge in [-0.25, -0.2) is 8.78 Å². The molecular weight excluding hydrogens is 458 g/mol. The minimum Gasteiger partial charge on any atom is -0.375 e. The van der Waals surface area contributed by atoms with E-state index in [0.29, 0.717) is 30.9 Å². The second-order valence-corrected chi connectivity index (χ2v) is 9.94. The molecule has 192 valence electrons. The Hall–Kier alpha value is -3.30. The minimum atomic E-state index is -1.06. The molecular formula is C30H36F2N2O2. The first-order chi connectivity index (χ1) is 16.8. The number of nitrogens with zero attached hydrogens (tertiary/aromatic N) is 1. The van der Waals surface area contributed by atoms with Crippen LogP contribution in [-0.2, 0) is 16.1 Å². The second-order valence-electron chi connectivity index (χ2n) is 9.94. The number of ketones is 1. The van der Waals surface area contributed by atoms with Crippen LogP contribution in [0.1, 0.15) is 63.3 Å². The van der Waals surface area contributed by atoms with Gasteiger partial charge in [0.15, 0.2) is 0 Å². The van der Waals surface area contributed by atoms with Gasteiger partial charge in [-0.3, -0.25) is 10.2 Å². The quantitative estimate of drug-likeness (QED) is 0.221. The van der Waals surface area contributed by atoms with Crippen LogP contribution in [0.3, 0.4) is 0 Å². The molecule has 1 atom stereocenters. The lowest BCUT2D eigenvalue weighted by atomic mass is 9.96. The van der Waals surface area contributed by atoms with Gasteiger partial charge in [-0.1, -0.05) is 36.6 Å². The highest BCUT2D eigenvalue weighted by molar-refractivity contribution is 6.09. The number of hydrogen-bond acceptors (Lipinski definition) is 3. The Labute approximate surface area is 213 Å². The van der Waals surface area contributed by atoms with Crippen molar-refractivity contribution >= 4 is 17.3 Å². The van der Waals surface area contributed by atoms with Gasteiger partial charge in [0.2, 0.25) is 0 Å². The second kappa shape index (κ2) is 12.6. The Morgan fingerprint density at radius 1 is 1.25 bits per heavy atom. The number of alkyl halides is 1. The van der Waals surface area contributed by atoms with Crippen molar-refractivity contribution in [3.05, 3.63) is 76.6 Å². The molecule has 3 rings (SSSR count). The molecule has 0 fully saturated rings. The molecule has 0 bridgehead atoms. The summed E-state index contributed by atoms with van der Waals surface area (Å²) in [5, 5.41) is 8.70. The number of anilines is 1. The summed E-state index contributed by atoms with van der Waals surface area (Å²) in [4.78, 5) is 12.2. The number of amidine groups is 1. The van der Waals surface area contributed by atoms with Crippen molar-refractivity contribution in [1.29, 1.82) is 5.41 Å². The van der Waals surface area contributed by atoms with Crippen LogP contribution in [-0.4, -0.2) is 30.9 Å². The van der Waals surface area contributed by atoms with Crippen LogP contribution in [0.2, 0.25) is 0 Å². The zero-order valence-corrected chi connectivity index (χ0v) is 22.1. The molecule has 2 aromatic carbocycles. The highest BCUT2D eigenvalue weighted by atomic mass is 19.1. The van der Waals surface area contributed by atoms with E-state index in [0.717, 1.165) is 22.4 Å². The smallest absolute Gasteiger partial charge is 0.135 e. The highest BCUT2D eigenvalue weighted by Gasteiger charge is 2.24. The Morgan fingerprint density at radius 3 is 2.47 bits per heavy atom. The molecule has 1 unspecified atom stereocenters. The van der Waals surface area contributed by atoms with Gasteiger partial charge in [0, 0.05) is 35.2 Å². The lowest BCUT2D eigenvalue weighted by Gasteiger charge is -2.26. The number of rotatable bonds is 4. The third kappa shape index (κ3) is 8.13. The number of hydrogen-bond donors (Lipinski definition) is 1. The van der Waals surface area contributed by atoms with Crippen LogP contribution in [0.25, 0.3) is 0 Å². The van der Waals surface area contributed by atoms with E-state index in [1.54, 1.807) is 6.07 Å². The summed E-state index contributed by atoms with van der Waals surface area (Å²) in [6.07, 6.45) is -0.897. The summed E-state index contributed by atoms with van der Waals surface area (Å²) in [5.74, 6) is 6.26. The fraction of sp³-hybridized carbons (Fsp3) is 0.400. The van der Waals surface area contributed by atoms with Gasteiger partial charge in [0.1, 0.15) is 23.6 Å². The lowest BCUT2D eigenvalue weighted by molar-refractivity contribution is -0.116. The lowest BCUT2D eigenvalue weighted by Crippen LogP contribution is -2.34. The first-order valence-electron chi connectivity index (χ1n) is 12.0. The molecule has 0 amide bonds. The summed E-state index contributed by atoms with van der Waals surface area (Å²) in [5.41, 5.74) is 4.04. The van der Waals surface area contributed by atoms with E-state index < -0.39 is 6.17 Å². The van der Waals surface area contributed by atoms with Crippen molar-refractivity contribution < 1.29 is 18.3 Å². The number of halogens is 2. The van der Waals surface area contributed by atoms with Crippen molar-refractivity contribution in [3.8, 4) is 11.8 Å². The molecule has 4 nitrogen and oxygen atoms in total. The molecule has 1 aliphatic heterocycles. The number of benzene rings is 2. The molecule has 0 saturated carbocycles. The number of allylic oxidation sites excluding steroid dienone is 1. The SMILES string of the molecule is C=C(CC(C)=O)C(C)F.Cc1cccc(F)c1C(=N)N1CCOCc2c(C#CC(C)(C)C)cccc21. The van der Waals surface area contributed by atoms with Crippen molar-refractivity contribution in [3.63, 3.8) is 0 Å².